The third-order valence-corrected chi connectivity index (χ3v) is 3.62. The minimum atomic E-state index is 0.339. The Balaban J connectivity index is 1.90. The molecule has 1 aliphatic heterocycles. The highest BCUT2D eigenvalue weighted by Crippen LogP contribution is 2.25. The van der Waals surface area contributed by atoms with E-state index in [1.165, 1.54) is 0 Å². The van der Waals surface area contributed by atoms with Crippen LogP contribution >= 0.6 is 0 Å². The fourth-order valence-electron chi connectivity index (χ4n) is 2.27. The predicted octanol–water partition coefficient (Wildman–Crippen LogP) is 1.88. The molecule has 0 radical (unpaired) electrons. The molecular formula is C12H21N3O2. The summed E-state index contributed by atoms with van der Waals surface area (Å²) in [5.41, 5.74) is 0. The predicted molar refractivity (Wildman–Crippen MR) is 65.1 cm³/mol. The molecular weight excluding hydrogens is 218 g/mol. The van der Waals surface area contributed by atoms with Crippen molar-refractivity contribution in [3.8, 4) is 0 Å². The SMILES string of the molecule is CCc1noc(N2CCC(C(C)OC)CC2)n1. The number of ether oxygens (including phenoxy) is 1. The zero-order valence-corrected chi connectivity index (χ0v) is 10.8. The highest BCUT2D eigenvalue weighted by Gasteiger charge is 2.26. The number of rotatable bonds is 4. The van der Waals surface area contributed by atoms with Gasteiger partial charge in [0.05, 0.1) is 6.10 Å². The molecule has 1 atom stereocenters. The van der Waals surface area contributed by atoms with Crippen LogP contribution in [-0.2, 0) is 11.2 Å². The first-order valence-corrected chi connectivity index (χ1v) is 6.35. The van der Waals surface area contributed by atoms with Gasteiger partial charge in [-0.05, 0) is 25.7 Å². The Bertz CT molecular complexity index is 345. The molecule has 0 N–H and O–H groups in total. The largest absolute Gasteiger partial charge is 0.381 e. The van der Waals surface area contributed by atoms with E-state index in [1.807, 2.05) is 6.92 Å². The normalized spacial score (nSPS) is 19.6. The number of aryl methyl sites for hydroxylation is 1. The maximum atomic E-state index is 5.38. The van der Waals surface area contributed by atoms with Crippen LogP contribution in [0.1, 0.15) is 32.5 Å². The van der Waals surface area contributed by atoms with Crippen molar-refractivity contribution in [2.24, 2.45) is 5.92 Å². The standard InChI is InChI=1S/C12H21N3O2/c1-4-11-13-12(17-14-11)15-7-5-10(6-8-15)9(2)16-3/h9-10H,4-8H2,1-3H3. The van der Waals surface area contributed by atoms with E-state index >= 15 is 0 Å². The third-order valence-electron chi connectivity index (χ3n) is 3.62. The van der Waals surface area contributed by atoms with E-state index in [9.17, 15) is 0 Å². The molecule has 0 aliphatic carbocycles. The number of piperidine rings is 1. The minimum Gasteiger partial charge on any atom is -0.381 e. The van der Waals surface area contributed by atoms with Gasteiger partial charge < -0.3 is 14.2 Å². The monoisotopic (exact) mass is 239 g/mol. The summed E-state index contributed by atoms with van der Waals surface area (Å²) in [5.74, 6) is 1.43. The molecule has 0 amide bonds. The summed E-state index contributed by atoms with van der Waals surface area (Å²) >= 11 is 0. The molecule has 1 aromatic rings. The molecule has 0 aromatic carbocycles. The summed E-state index contributed by atoms with van der Waals surface area (Å²) in [4.78, 5) is 6.53. The number of nitrogens with zero attached hydrogens (tertiary/aromatic N) is 3. The van der Waals surface area contributed by atoms with Crippen molar-refractivity contribution in [2.75, 3.05) is 25.1 Å². The summed E-state index contributed by atoms with van der Waals surface area (Å²) < 4.78 is 10.6. The molecule has 17 heavy (non-hydrogen) atoms. The fourth-order valence-corrected chi connectivity index (χ4v) is 2.27. The van der Waals surface area contributed by atoms with Crippen LogP contribution in [0.15, 0.2) is 4.52 Å². The maximum absolute atomic E-state index is 5.38. The molecule has 96 valence electrons. The summed E-state index contributed by atoms with van der Waals surface area (Å²) in [7, 11) is 1.78. The van der Waals surface area contributed by atoms with E-state index in [4.69, 9.17) is 9.26 Å². The van der Waals surface area contributed by atoms with E-state index in [2.05, 4.69) is 22.0 Å². The second-order valence-electron chi connectivity index (χ2n) is 4.61. The lowest BCUT2D eigenvalue weighted by Crippen LogP contribution is -2.37. The van der Waals surface area contributed by atoms with Gasteiger partial charge in [-0.25, -0.2) is 0 Å². The average molecular weight is 239 g/mol. The lowest BCUT2D eigenvalue weighted by molar-refractivity contribution is 0.0559. The van der Waals surface area contributed by atoms with Gasteiger partial charge >= 0.3 is 6.01 Å². The van der Waals surface area contributed by atoms with E-state index in [1.54, 1.807) is 7.11 Å². The van der Waals surface area contributed by atoms with Crippen LogP contribution in [0.3, 0.4) is 0 Å². The fraction of sp³-hybridized carbons (Fsp3) is 0.833. The van der Waals surface area contributed by atoms with Gasteiger partial charge in [0, 0.05) is 26.6 Å². The van der Waals surface area contributed by atoms with Crippen LogP contribution in [-0.4, -0.2) is 36.4 Å². The van der Waals surface area contributed by atoms with E-state index in [0.29, 0.717) is 18.0 Å². The molecule has 0 saturated carbocycles. The van der Waals surface area contributed by atoms with Gasteiger partial charge in [-0.15, -0.1) is 0 Å². The van der Waals surface area contributed by atoms with Gasteiger partial charge in [0.15, 0.2) is 5.82 Å². The summed E-state index contributed by atoms with van der Waals surface area (Å²) in [6.45, 7) is 6.12. The highest BCUT2D eigenvalue weighted by molar-refractivity contribution is 5.25. The van der Waals surface area contributed by atoms with Crippen molar-refractivity contribution >= 4 is 6.01 Å². The number of hydrogen-bond acceptors (Lipinski definition) is 5. The van der Waals surface area contributed by atoms with Crippen molar-refractivity contribution in [1.82, 2.24) is 10.1 Å². The quantitative estimate of drug-likeness (QED) is 0.803. The highest BCUT2D eigenvalue weighted by atomic mass is 16.5. The van der Waals surface area contributed by atoms with Crippen molar-refractivity contribution < 1.29 is 9.26 Å². The van der Waals surface area contributed by atoms with Crippen molar-refractivity contribution in [1.29, 1.82) is 0 Å². The first-order chi connectivity index (χ1) is 8.24. The summed E-state index contributed by atoms with van der Waals surface area (Å²) in [6.07, 6.45) is 3.41. The molecule has 2 rings (SSSR count). The number of hydrogen-bond donors (Lipinski definition) is 0. The van der Waals surface area contributed by atoms with Gasteiger partial charge in [-0.3, -0.25) is 0 Å². The van der Waals surface area contributed by atoms with Crippen molar-refractivity contribution in [3.63, 3.8) is 0 Å². The van der Waals surface area contributed by atoms with Crippen molar-refractivity contribution in [2.45, 2.75) is 39.2 Å². The Morgan fingerprint density at radius 2 is 2.18 bits per heavy atom. The minimum absolute atomic E-state index is 0.339. The third kappa shape index (κ3) is 2.77. The molecule has 2 heterocycles. The van der Waals surface area contributed by atoms with Gasteiger partial charge in [0.1, 0.15) is 0 Å². The molecule has 1 unspecified atom stereocenters. The molecule has 0 bridgehead atoms. The van der Waals surface area contributed by atoms with E-state index < -0.39 is 0 Å². The number of methoxy groups -OCH3 is 1. The summed E-state index contributed by atoms with van der Waals surface area (Å²) in [5, 5.41) is 3.93. The molecule has 0 spiro atoms. The Morgan fingerprint density at radius 3 is 2.71 bits per heavy atom. The second kappa shape index (κ2) is 5.49. The Labute approximate surface area is 102 Å². The van der Waals surface area contributed by atoms with Gasteiger partial charge in [-0.2, -0.15) is 4.98 Å². The van der Waals surface area contributed by atoms with Crippen LogP contribution in [0.25, 0.3) is 0 Å². The zero-order chi connectivity index (χ0) is 12.3. The van der Waals surface area contributed by atoms with Crippen LogP contribution in [0.2, 0.25) is 0 Å². The van der Waals surface area contributed by atoms with Gasteiger partial charge in [0.2, 0.25) is 0 Å². The van der Waals surface area contributed by atoms with Crippen LogP contribution in [0.4, 0.5) is 6.01 Å². The topological polar surface area (TPSA) is 51.4 Å². The van der Waals surface area contributed by atoms with E-state index in [-0.39, 0.29) is 0 Å². The molecule has 1 saturated heterocycles. The maximum Gasteiger partial charge on any atom is 0.324 e. The first kappa shape index (κ1) is 12.4. The van der Waals surface area contributed by atoms with Crippen LogP contribution in [0.5, 0.6) is 0 Å². The zero-order valence-electron chi connectivity index (χ0n) is 10.8. The molecule has 1 aliphatic rings. The Hall–Kier alpha value is -1.10. The van der Waals surface area contributed by atoms with Crippen LogP contribution < -0.4 is 4.90 Å². The number of aromatic nitrogens is 2. The Morgan fingerprint density at radius 1 is 1.47 bits per heavy atom. The summed E-state index contributed by atoms with van der Waals surface area (Å²) in [6, 6.07) is 0.672. The van der Waals surface area contributed by atoms with Crippen LogP contribution in [0, 0.1) is 5.92 Å². The Kier molecular flexibility index (Phi) is 3.99. The first-order valence-electron chi connectivity index (χ1n) is 6.35. The molecule has 5 nitrogen and oxygen atoms in total. The van der Waals surface area contributed by atoms with Gasteiger partial charge in [-0.1, -0.05) is 12.1 Å². The lowest BCUT2D eigenvalue weighted by Gasteiger charge is -2.33. The number of anilines is 1. The second-order valence-corrected chi connectivity index (χ2v) is 4.61. The molecule has 1 fully saturated rings. The lowest BCUT2D eigenvalue weighted by atomic mass is 9.92. The van der Waals surface area contributed by atoms with Gasteiger partial charge in [0.25, 0.3) is 0 Å². The smallest absolute Gasteiger partial charge is 0.324 e. The average Bonchev–Trinajstić information content (AvgIpc) is 2.87. The molecule has 1 aromatic heterocycles. The van der Waals surface area contributed by atoms with Crippen molar-refractivity contribution in [3.05, 3.63) is 5.82 Å². The molecule has 5 heteroatoms. The van der Waals surface area contributed by atoms with E-state index in [0.717, 1.165) is 38.2 Å².